The maximum absolute atomic E-state index is 12.7. The van der Waals surface area contributed by atoms with Gasteiger partial charge in [0.15, 0.2) is 0 Å². The van der Waals surface area contributed by atoms with E-state index in [4.69, 9.17) is 16.3 Å². The second kappa shape index (κ2) is 6.53. The van der Waals surface area contributed by atoms with Crippen molar-refractivity contribution in [1.29, 1.82) is 0 Å². The molecule has 0 aliphatic carbocycles. The highest BCUT2D eigenvalue weighted by Gasteiger charge is 2.16. The summed E-state index contributed by atoms with van der Waals surface area (Å²) < 4.78 is 6.62. The van der Waals surface area contributed by atoms with Crippen molar-refractivity contribution in [3.63, 3.8) is 0 Å². The topological polar surface area (TPSA) is 47.4 Å². The molecule has 124 valence electrons. The van der Waals surface area contributed by atoms with Crippen LogP contribution in [-0.2, 0) is 6.42 Å². The third-order valence-corrected chi connectivity index (χ3v) is 4.13. The Labute approximate surface area is 145 Å². The van der Waals surface area contributed by atoms with Crippen molar-refractivity contribution in [2.75, 3.05) is 26.1 Å². The number of benzene rings is 2. The quantitative estimate of drug-likeness (QED) is 0.725. The number of methoxy groups -OCH3 is 1. The molecule has 0 radical (unpaired) electrons. The van der Waals surface area contributed by atoms with Gasteiger partial charge in [0.1, 0.15) is 5.75 Å². The van der Waals surface area contributed by atoms with Gasteiger partial charge in [-0.1, -0.05) is 12.1 Å². The van der Waals surface area contributed by atoms with Gasteiger partial charge in [0, 0.05) is 25.8 Å². The fraction of sp³-hybridized carbons (Fsp3) is 0.222. The fourth-order valence-electron chi connectivity index (χ4n) is 2.56. The summed E-state index contributed by atoms with van der Waals surface area (Å²) in [4.78, 5) is 18.9. The molecule has 0 atom stereocenters. The number of hydrogen-bond acceptors (Lipinski definition) is 4. The Bertz CT molecular complexity index is 885. The summed E-state index contributed by atoms with van der Waals surface area (Å²) in [5.74, 6) is 0.556. The standard InChI is InChI=1S/C18H18ClN3O2/c1-21(2)13-6-4-12(5-7-13)10-17(23)22-16-9-8-14(24-3)11-15(16)20-18(22)19/h4-9,11H,10H2,1-3H3. The van der Waals surface area contributed by atoms with Crippen molar-refractivity contribution in [3.8, 4) is 5.75 Å². The summed E-state index contributed by atoms with van der Waals surface area (Å²) in [7, 11) is 5.54. The Kier molecular flexibility index (Phi) is 4.44. The van der Waals surface area contributed by atoms with Gasteiger partial charge in [0.2, 0.25) is 11.2 Å². The monoisotopic (exact) mass is 343 g/mol. The molecule has 0 saturated heterocycles. The largest absolute Gasteiger partial charge is 0.497 e. The lowest BCUT2D eigenvalue weighted by Crippen LogP contribution is -2.14. The number of carbonyl (C=O) groups excluding carboxylic acids is 1. The van der Waals surface area contributed by atoms with Crippen LogP contribution >= 0.6 is 11.6 Å². The van der Waals surface area contributed by atoms with Crippen LogP contribution in [0.1, 0.15) is 10.4 Å². The van der Waals surface area contributed by atoms with Gasteiger partial charge < -0.3 is 9.64 Å². The maximum Gasteiger partial charge on any atom is 0.237 e. The lowest BCUT2D eigenvalue weighted by molar-refractivity contribution is 0.0919. The first-order valence-electron chi connectivity index (χ1n) is 7.51. The number of aromatic nitrogens is 2. The van der Waals surface area contributed by atoms with E-state index in [9.17, 15) is 4.79 Å². The number of hydrogen-bond donors (Lipinski definition) is 0. The van der Waals surface area contributed by atoms with E-state index in [-0.39, 0.29) is 17.6 Å². The molecule has 6 heteroatoms. The molecule has 2 aromatic carbocycles. The lowest BCUT2D eigenvalue weighted by Gasteiger charge is -2.12. The van der Waals surface area contributed by atoms with Crippen LogP contribution in [0.2, 0.25) is 5.28 Å². The predicted molar refractivity (Wildman–Crippen MR) is 96.4 cm³/mol. The lowest BCUT2D eigenvalue weighted by atomic mass is 10.1. The molecule has 5 nitrogen and oxygen atoms in total. The Hall–Kier alpha value is -2.53. The van der Waals surface area contributed by atoms with Crippen LogP contribution in [0, 0.1) is 0 Å². The van der Waals surface area contributed by atoms with Crippen molar-refractivity contribution in [1.82, 2.24) is 9.55 Å². The first-order valence-corrected chi connectivity index (χ1v) is 7.89. The zero-order chi connectivity index (χ0) is 17.3. The van der Waals surface area contributed by atoms with E-state index in [0.29, 0.717) is 16.8 Å². The van der Waals surface area contributed by atoms with E-state index in [2.05, 4.69) is 4.98 Å². The van der Waals surface area contributed by atoms with Crippen molar-refractivity contribution < 1.29 is 9.53 Å². The van der Waals surface area contributed by atoms with Crippen LogP contribution in [0.25, 0.3) is 11.0 Å². The third kappa shape index (κ3) is 3.08. The number of carbonyl (C=O) groups is 1. The molecule has 0 unspecified atom stereocenters. The van der Waals surface area contributed by atoms with E-state index < -0.39 is 0 Å². The van der Waals surface area contributed by atoms with Crippen molar-refractivity contribution >= 4 is 34.2 Å². The van der Waals surface area contributed by atoms with Crippen LogP contribution in [-0.4, -0.2) is 36.7 Å². The average molecular weight is 344 g/mol. The van der Waals surface area contributed by atoms with Crippen molar-refractivity contribution in [2.45, 2.75) is 6.42 Å². The number of anilines is 1. The highest BCUT2D eigenvalue weighted by Crippen LogP contribution is 2.24. The number of halogens is 1. The summed E-state index contributed by atoms with van der Waals surface area (Å²) in [6, 6.07) is 13.2. The van der Waals surface area contributed by atoms with Gasteiger partial charge in [-0.3, -0.25) is 9.36 Å². The van der Waals surface area contributed by atoms with E-state index in [1.165, 1.54) is 4.57 Å². The predicted octanol–water partition coefficient (Wildman–Crippen LogP) is 3.65. The number of fused-ring (bicyclic) bond motifs is 1. The molecular weight excluding hydrogens is 326 g/mol. The van der Waals surface area contributed by atoms with Gasteiger partial charge >= 0.3 is 0 Å². The van der Waals surface area contributed by atoms with Gasteiger partial charge in [-0.05, 0) is 41.4 Å². The minimum Gasteiger partial charge on any atom is -0.497 e. The first kappa shape index (κ1) is 16.3. The second-order valence-corrected chi connectivity index (χ2v) is 6.04. The summed E-state index contributed by atoms with van der Waals surface area (Å²) in [6.45, 7) is 0. The highest BCUT2D eigenvalue weighted by atomic mass is 35.5. The van der Waals surface area contributed by atoms with Crippen LogP contribution < -0.4 is 9.64 Å². The third-order valence-electron chi connectivity index (χ3n) is 3.88. The average Bonchev–Trinajstić information content (AvgIpc) is 2.90. The van der Waals surface area contributed by atoms with Crippen molar-refractivity contribution in [3.05, 3.63) is 53.3 Å². The molecule has 3 aromatic rings. The van der Waals surface area contributed by atoms with Crippen LogP contribution in [0.4, 0.5) is 5.69 Å². The van der Waals surface area contributed by atoms with Crippen LogP contribution in [0.5, 0.6) is 5.75 Å². The normalized spacial score (nSPS) is 10.8. The van der Waals surface area contributed by atoms with Crippen molar-refractivity contribution in [2.24, 2.45) is 0 Å². The maximum atomic E-state index is 12.7. The minimum absolute atomic E-state index is 0.120. The van der Waals surface area contributed by atoms with E-state index in [1.54, 1.807) is 25.3 Å². The van der Waals surface area contributed by atoms with Gasteiger partial charge in [0.05, 0.1) is 24.6 Å². The molecule has 1 aromatic heterocycles. The molecule has 0 fully saturated rings. The summed E-state index contributed by atoms with van der Waals surface area (Å²) in [5.41, 5.74) is 3.33. The Balaban J connectivity index is 1.89. The molecule has 0 aliphatic rings. The zero-order valence-electron chi connectivity index (χ0n) is 13.8. The number of ether oxygens (including phenoxy) is 1. The molecular formula is C18H18ClN3O2. The van der Waals surface area contributed by atoms with Gasteiger partial charge in [-0.25, -0.2) is 4.98 Å². The van der Waals surface area contributed by atoms with Gasteiger partial charge in [0.25, 0.3) is 0 Å². The summed E-state index contributed by atoms with van der Waals surface area (Å²) in [5, 5.41) is 0.160. The molecule has 0 bridgehead atoms. The molecule has 0 spiro atoms. The van der Waals surface area contributed by atoms with Crippen LogP contribution in [0.15, 0.2) is 42.5 Å². The molecule has 3 rings (SSSR count). The highest BCUT2D eigenvalue weighted by molar-refractivity contribution is 6.30. The smallest absolute Gasteiger partial charge is 0.237 e. The Morgan fingerprint density at radius 2 is 1.92 bits per heavy atom. The van der Waals surface area contributed by atoms with E-state index in [0.717, 1.165) is 11.3 Å². The fourth-order valence-corrected chi connectivity index (χ4v) is 2.84. The van der Waals surface area contributed by atoms with Gasteiger partial charge in [-0.15, -0.1) is 0 Å². The molecule has 0 saturated carbocycles. The number of rotatable bonds is 4. The Morgan fingerprint density at radius 1 is 1.21 bits per heavy atom. The zero-order valence-corrected chi connectivity index (χ0v) is 14.5. The van der Waals surface area contributed by atoms with E-state index >= 15 is 0 Å². The number of nitrogens with zero attached hydrogens (tertiary/aromatic N) is 3. The number of imidazole rings is 1. The van der Waals surface area contributed by atoms with Gasteiger partial charge in [-0.2, -0.15) is 0 Å². The van der Waals surface area contributed by atoms with E-state index in [1.807, 2.05) is 43.3 Å². The SMILES string of the molecule is COc1ccc2c(c1)nc(Cl)n2C(=O)Cc1ccc(N(C)C)cc1. The molecule has 0 aliphatic heterocycles. The molecule has 24 heavy (non-hydrogen) atoms. The molecule has 1 heterocycles. The summed E-state index contributed by atoms with van der Waals surface area (Å²) >= 11 is 6.17. The summed E-state index contributed by atoms with van der Waals surface area (Å²) in [6.07, 6.45) is 0.255. The second-order valence-electron chi connectivity index (χ2n) is 5.70. The molecule has 0 amide bonds. The molecule has 0 N–H and O–H groups in total. The minimum atomic E-state index is -0.120. The Morgan fingerprint density at radius 3 is 2.54 bits per heavy atom. The van der Waals surface area contributed by atoms with Crippen LogP contribution in [0.3, 0.4) is 0 Å². The first-order chi connectivity index (χ1) is 11.5.